The van der Waals surface area contributed by atoms with E-state index in [1.165, 1.54) is 0 Å². The Kier molecular flexibility index (Phi) is 11.2. The van der Waals surface area contributed by atoms with Crippen molar-refractivity contribution in [2.45, 2.75) is 17.7 Å². The van der Waals surface area contributed by atoms with Crippen LogP contribution in [0.1, 0.15) is 17.0 Å². The van der Waals surface area contributed by atoms with Gasteiger partial charge in [0.15, 0.2) is 0 Å². The van der Waals surface area contributed by atoms with Crippen molar-refractivity contribution in [3.63, 3.8) is 0 Å². The van der Waals surface area contributed by atoms with Crippen LogP contribution < -0.4 is 5.32 Å². The van der Waals surface area contributed by atoms with E-state index < -0.39 is 11.7 Å². The van der Waals surface area contributed by atoms with Gasteiger partial charge in [-0.25, -0.2) is 4.79 Å². The molecule has 4 heterocycles. The molecule has 2 fully saturated rings. The van der Waals surface area contributed by atoms with Gasteiger partial charge < -0.3 is 19.9 Å². The van der Waals surface area contributed by atoms with E-state index in [1.54, 1.807) is 4.90 Å². The third-order valence-electron chi connectivity index (χ3n) is 9.01. The number of amides is 1. The molecule has 1 aromatic rings. The Bertz CT molecular complexity index is 1660. The highest BCUT2D eigenvalue weighted by atomic mass is 16.6. The fraction of sp³-hybridized carbons (Fsp3) is 0.536. The molecular weight excluding hydrogens is 634 g/mol. The van der Waals surface area contributed by atoms with Gasteiger partial charge in [0.25, 0.3) is 0 Å². The number of azide groups is 5. The van der Waals surface area contributed by atoms with Crippen LogP contribution in [-0.4, -0.2) is 98.0 Å². The molecule has 1 amide bonds. The minimum atomic E-state index is -1.59. The summed E-state index contributed by atoms with van der Waals surface area (Å²) in [6, 6.07) is 7.95. The average Bonchev–Trinajstić information content (AvgIpc) is 3.81. The molecular formula is C28H33N19O2. The van der Waals surface area contributed by atoms with Crippen LogP contribution in [0.25, 0.3) is 57.9 Å². The lowest BCUT2D eigenvalue weighted by molar-refractivity contribution is 0.00909. The summed E-state index contributed by atoms with van der Waals surface area (Å²) in [6.07, 6.45) is 7.44. The number of nitrogens with zero attached hydrogens (tertiary/aromatic N) is 18. The van der Waals surface area contributed by atoms with Gasteiger partial charge in [-0.1, -0.05) is 55.9 Å². The maximum atomic E-state index is 13.3. The van der Waals surface area contributed by atoms with Crippen LogP contribution in [0.2, 0.25) is 0 Å². The fourth-order valence-corrected chi connectivity index (χ4v) is 6.66. The lowest BCUT2D eigenvalue weighted by Gasteiger charge is -2.32. The highest BCUT2D eigenvalue weighted by Crippen LogP contribution is 2.36. The van der Waals surface area contributed by atoms with Crippen molar-refractivity contribution in [3.8, 4) is 0 Å². The minimum Gasteiger partial charge on any atom is -0.442 e. The lowest BCUT2D eigenvalue weighted by atomic mass is 9.97. The number of carbonyl (C=O) groups excluding carboxylic acids is 1. The number of rotatable bonds is 15. The number of fused-ring (bicyclic) bond motifs is 2. The van der Waals surface area contributed by atoms with Crippen molar-refractivity contribution in [1.29, 1.82) is 0 Å². The standard InChI is InChI=1S/C28H33N19O2/c29-40-34-9-21(10-35-41-30)19-4-6-20(7-5-19)26-24(47-8-2-1-3-25(47)39-26)15-45-11-22-13-46(14-23(22)12-45)27(48)49-28(16-36-42-31,17-37-43-32)18-38-44-33/h1-8,21-23,25,39H,9-18H2. The number of hydrogen-bond acceptors (Lipinski definition) is 10. The van der Waals surface area contributed by atoms with Crippen molar-refractivity contribution in [2.24, 2.45) is 37.4 Å². The topological polar surface area (TPSA) is 292 Å². The van der Waals surface area contributed by atoms with E-state index >= 15 is 0 Å². The monoisotopic (exact) mass is 667 g/mol. The fourth-order valence-electron chi connectivity index (χ4n) is 6.66. The molecule has 0 saturated carbocycles. The Balaban J connectivity index is 1.28. The molecule has 1 N–H and O–H groups in total. The van der Waals surface area contributed by atoms with Gasteiger partial charge in [-0.2, -0.15) is 0 Å². The van der Waals surface area contributed by atoms with Crippen LogP contribution in [-0.2, 0) is 4.74 Å². The molecule has 4 aliphatic heterocycles. The summed E-state index contributed by atoms with van der Waals surface area (Å²) >= 11 is 0. The molecule has 2 saturated heterocycles. The van der Waals surface area contributed by atoms with Gasteiger partial charge >= 0.3 is 6.09 Å². The second-order valence-corrected chi connectivity index (χ2v) is 12.0. The smallest absolute Gasteiger partial charge is 0.410 e. The molecule has 1 aromatic carbocycles. The highest BCUT2D eigenvalue weighted by molar-refractivity contribution is 5.71. The van der Waals surface area contributed by atoms with Gasteiger partial charge in [-0.05, 0) is 68.7 Å². The molecule has 5 rings (SSSR count). The molecule has 49 heavy (non-hydrogen) atoms. The Morgan fingerprint density at radius 3 is 1.96 bits per heavy atom. The second-order valence-electron chi connectivity index (χ2n) is 12.0. The van der Waals surface area contributed by atoms with Crippen LogP contribution in [0.15, 0.2) is 80.0 Å². The Morgan fingerprint density at radius 1 is 0.837 bits per heavy atom. The maximum absolute atomic E-state index is 13.3. The molecule has 0 bridgehead atoms. The van der Waals surface area contributed by atoms with Gasteiger partial charge in [0, 0.05) is 76.6 Å². The zero-order valence-electron chi connectivity index (χ0n) is 26.4. The largest absolute Gasteiger partial charge is 0.442 e. The number of benzene rings is 1. The summed E-state index contributed by atoms with van der Waals surface area (Å²) in [4.78, 5) is 33.3. The van der Waals surface area contributed by atoms with Gasteiger partial charge in [0.1, 0.15) is 11.8 Å². The van der Waals surface area contributed by atoms with Crippen LogP contribution >= 0.6 is 0 Å². The summed E-state index contributed by atoms with van der Waals surface area (Å²) in [5, 5.41) is 21.5. The van der Waals surface area contributed by atoms with Gasteiger partial charge in [-0.15, -0.1) is 0 Å². The number of hydrogen-bond donors (Lipinski definition) is 1. The highest BCUT2D eigenvalue weighted by Gasteiger charge is 2.45. The SMILES string of the molecule is [N-]=[N+]=NCC(CN=[N+]=[N-])c1ccc(C2=C(CN3CC4CN(C(=O)OC(CN=[N+]=[N-])(CN=[N+]=[N-])CN=[N+]=[N-])CC4C3)N3C=CC=CC3N2)cc1. The number of likely N-dealkylation sites (tertiary alicyclic amines) is 2. The Labute approximate surface area is 279 Å². The maximum Gasteiger partial charge on any atom is 0.410 e. The average molecular weight is 668 g/mol. The van der Waals surface area contributed by atoms with Crippen molar-refractivity contribution in [1.82, 2.24) is 20.0 Å². The molecule has 252 valence electrons. The number of carbonyl (C=O) groups is 1. The summed E-state index contributed by atoms with van der Waals surface area (Å²) in [5.74, 6) is 0.161. The van der Waals surface area contributed by atoms with Crippen LogP contribution in [0.4, 0.5) is 4.79 Å². The number of nitrogens with one attached hydrogen (secondary N) is 1. The summed E-state index contributed by atoms with van der Waals surface area (Å²) < 4.78 is 5.71. The Morgan fingerprint density at radius 2 is 1.41 bits per heavy atom. The normalized spacial score (nSPS) is 22.2. The van der Waals surface area contributed by atoms with E-state index in [1.807, 2.05) is 42.6 Å². The van der Waals surface area contributed by atoms with E-state index in [9.17, 15) is 4.79 Å². The molecule has 21 heteroatoms. The summed E-state index contributed by atoms with van der Waals surface area (Å²) in [5.41, 5.74) is 46.5. The molecule has 21 nitrogen and oxygen atoms in total. The molecule has 0 aliphatic carbocycles. The van der Waals surface area contributed by atoms with Gasteiger partial charge in [0.05, 0.1) is 31.0 Å². The van der Waals surface area contributed by atoms with Gasteiger partial charge in [-0.3, -0.25) is 4.90 Å². The van der Waals surface area contributed by atoms with E-state index in [-0.39, 0.29) is 56.6 Å². The molecule has 0 aromatic heterocycles. The van der Waals surface area contributed by atoms with E-state index in [0.29, 0.717) is 19.6 Å². The quantitative estimate of drug-likeness (QED) is 0.132. The third kappa shape index (κ3) is 8.04. The summed E-state index contributed by atoms with van der Waals surface area (Å²) in [7, 11) is 0. The van der Waals surface area contributed by atoms with Crippen molar-refractivity contribution < 1.29 is 9.53 Å². The predicted octanol–water partition coefficient (Wildman–Crippen LogP) is 6.04. The zero-order chi connectivity index (χ0) is 34.6. The third-order valence-corrected chi connectivity index (χ3v) is 9.01. The first kappa shape index (κ1) is 34.2. The van der Waals surface area contributed by atoms with Crippen LogP contribution in [0, 0.1) is 11.8 Å². The second kappa shape index (κ2) is 16.1. The first-order chi connectivity index (χ1) is 23.9. The van der Waals surface area contributed by atoms with Crippen LogP contribution in [0.3, 0.4) is 0 Å². The molecule has 3 unspecified atom stereocenters. The number of ether oxygens (including phenoxy) is 1. The predicted molar refractivity (Wildman–Crippen MR) is 177 cm³/mol. The van der Waals surface area contributed by atoms with Crippen LogP contribution in [0.5, 0.6) is 0 Å². The Hall–Kier alpha value is -6.18. The van der Waals surface area contributed by atoms with Crippen molar-refractivity contribution >= 4 is 11.8 Å². The molecule has 0 radical (unpaired) electrons. The summed E-state index contributed by atoms with van der Waals surface area (Å²) in [6.45, 7) is 2.37. The minimum absolute atomic E-state index is 0.0360. The molecule has 0 spiro atoms. The first-order valence-electron chi connectivity index (χ1n) is 15.4. The molecule has 3 atom stereocenters. The zero-order valence-corrected chi connectivity index (χ0v) is 26.4. The van der Waals surface area contributed by atoms with E-state index in [0.717, 1.165) is 35.6 Å². The number of allylic oxidation sites excluding steroid dienone is 2. The van der Waals surface area contributed by atoms with Crippen molar-refractivity contribution in [2.75, 3.05) is 65.4 Å². The van der Waals surface area contributed by atoms with E-state index in [4.69, 9.17) is 32.4 Å². The van der Waals surface area contributed by atoms with Gasteiger partial charge in [0.2, 0.25) is 0 Å². The first-order valence-corrected chi connectivity index (χ1v) is 15.4. The molecule has 4 aliphatic rings. The van der Waals surface area contributed by atoms with Crippen molar-refractivity contribution in [3.05, 3.63) is 118 Å². The lowest BCUT2D eigenvalue weighted by Crippen LogP contribution is -2.47. The van der Waals surface area contributed by atoms with E-state index in [2.05, 4.69) is 71.3 Å².